The van der Waals surface area contributed by atoms with E-state index in [1.165, 1.54) is 14.2 Å². The van der Waals surface area contributed by atoms with Crippen molar-refractivity contribution in [3.05, 3.63) is 11.9 Å². The van der Waals surface area contributed by atoms with Gasteiger partial charge >= 0.3 is 6.18 Å². The summed E-state index contributed by atoms with van der Waals surface area (Å²) < 4.78 is 48.3. The van der Waals surface area contributed by atoms with Crippen molar-refractivity contribution in [3.8, 4) is 0 Å². The van der Waals surface area contributed by atoms with Crippen LogP contribution in [0.2, 0.25) is 0 Å². The summed E-state index contributed by atoms with van der Waals surface area (Å²) in [6.45, 7) is -0.453. The summed E-state index contributed by atoms with van der Waals surface area (Å²) in [5.74, 6) is -0.417. The number of hydrogen-bond donors (Lipinski definition) is 1. The van der Waals surface area contributed by atoms with Gasteiger partial charge in [-0.25, -0.2) is 9.97 Å². The van der Waals surface area contributed by atoms with Crippen molar-refractivity contribution in [3.63, 3.8) is 0 Å². The molecule has 1 aromatic heterocycles. The molecular weight excluding hydrogens is 250 g/mol. The minimum Gasteiger partial charge on any atom is -0.392 e. The second-order valence-electron chi connectivity index (χ2n) is 3.64. The summed E-state index contributed by atoms with van der Waals surface area (Å²) in [5, 5.41) is 0. The molecule has 100 valence electrons. The lowest BCUT2D eigenvalue weighted by Crippen LogP contribution is -2.44. The van der Waals surface area contributed by atoms with Crippen LogP contribution in [0.1, 0.15) is 5.69 Å². The molecule has 0 atom stereocenters. The summed E-state index contributed by atoms with van der Waals surface area (Å²) in [5.41, 5.74) is 4.06. The SMILES string of the molecule is COCB(COC)c1cnc(N)nc1C(F)(F)F. The van der Waals surface area contributed by atoms with Gasteiger partial charge in [-0.2, -0.15) is 13.2 Å². The van der Waals surface area contributed by atoms with E-state index in [4.69, 9.17) is 15.2 Å². The topological polar surface area (TPSA) is 70.3 Å². The Labute approximate surface area is 103 Å². The average molecular weight is 263 g/mol. The molecule has 0 saturated heterocycles. The molecule has 0 aliphatic heterocycles. The Morgan fingerprint density at radius 1 is 1.28 bits per heavy atom. The maximum Gasteiger partial charge on any atom is 0.433 e. The number of alkyl halides is 3. The third-order valence-corrected chi connectivity index (χ3v) is 2.28. The molecule has 2 N–H and O–H groups in total. The lowest BCUT2D eigenvalue weighted by Gasteiger charge is -2.17. The summed E-state index contributed by atoms with van der Waals surface area (Å²) in [6.07, 6.45) is -3.53. The van der Waals surface area contributed by atoms with Crippen LogP contribution in [0.5, 0.6) is 0 Å². The zero-order chi connectivity index (χ0) is 13.8. The molecule has 0 aliphatic carbocycles. The fourth-order valence-electron chi connectivity index (χ4n) is 1.56. The molecule has 0 fully saturated rings. The highest BCUT2D eigenvalue weighted by Gasteiger charge is 2.38. The molecule has 0 radical (unpaired) electrons. The highest BCUT2D eigenvalue weighted by atomic mass is 19.4. The number of ether oxygens (including phenoxy) is 2. The van der Waals surface area contributed by atoms with Crippen LogP contribution in [0.25, 0.3) is 0 Å². The number of methoxy groups -OCH3 is 2. The number of aromatic nitrogens is 2. The van der Waals surface area contributed by atoms with Crippen LogP contribution < -0.4 is 11.2 Å². The van der Waals surface area contributed by atoms with Crippen molar-refractivity contribution < 1.29 is 22.6 Å². The maximum atomic E-state index is 12.8. The van der Waals surface area contributed by atoms with E-state index in [9.17, 15) is 13.2 Å². The smallest absolute Gasteiger partial charge is 0.392 e. The minimum absolute atomic E-state index is 0.0736. The number of nitrogens with zero attached hydrogens (tertiary/aromatic N) is 2. The normalized spacial score (nSPS) is 11.6. The van der Waals surface area contributed by atoms with Crippen LogP contribution in [-0.2, 0) is 15.7 Å². The van der Waals surface area contributed by atoms with Crippen molar-refractivity contribution in [2.45, 2.75) is 6.18 Å². The first-order chi connectivity index (χ1) is 8.40. The lowest BCUT2D eigenvalue weighted by atomic mass is 9.46. The summed E-state index contributed by atoms with van der Waals surface area (Å²) in [6, 6.07) is 0. The van der Waals surface area contributed by atoms with Gasteiger partial charge in [-0.15, -0.1) is 0 Å². The second kappa shape index (κ2) is 6.01. The molecule has 0 bridgehead atoms. The van der Waals surface area contributed by atoms with Crippen molar-refractivity contribution >= 4 is 18.1 Å². The molecular formula is C9H13BF3N3O2. The quantitative estimate of drug-likeness (QED) is 0.766. The van der Waals surface area contributed by atoms with E-state index in [-0.39, 0.29) is 18.5 Å². The zero-order valence-electron chi connectivity index (χ0n) is 9.99. The highest BCUT2D eigenvalue weighted by molar-refractivity contribution is 6.73. The van der Waals surface area contributed by atoms with E-state index >= 15 is 0 Å². The first-order valence-corrected chi connectivity index (χ1v) is 5.07. The van der Waals surface area contributed by atoms with Gasteiger partial charge in [0, 0.05) is 33.4 Å². The Morgan fingerprint density at radius 2 is 1.83 bits per heavy atom. The molecule has 18 heavy (non-hydrogen) atoms. The van der Waals surface area contributed by atoms with Gasteiger partial charge in [0.1, 0.15) is 5.69 Å². The number of anilines is 1. The third kappa shape index (κ3) is 3.57. The summed E-state index contributed by atoms with van der Waals surface area (Å²) >= 11 is 0. The first-order valence-electron chi connectivity index (χ1n) is 5.07. The molecule has 5 nitrogen and oxygen atoms in total. The lowest BCUT2D eigenvalue weighted by molar-refractivity contribution is -0.140. The number of nitrogens with two attached hydrogens (primary N) is 1. The Hall–Kier alpha value is -1.35. The van der Waals surface area contributed by atoms with E-state index in [0.717, 1.165) is 6.20 Å². The number of hydrogen-bond acceptors (Lipinski definition) is 5. The number of rotatable bonds is 5. The molecule has 0 aromatic carbocycles. The Morgan fingerprint density at radius 3 is 2.28 bits per heavy atom. The number of halogens is 3. The zero-order valence-corrected chi connectivity index (χ0v) is 9.99. The Bertz CT molecular complexity index is 397. The predicted octanol–water partition coefficient (Wildman–Crippen LogP) is 0.151. The van der Waals surface area contributed by atoms with Gasteiger partial charge in [0.25, 0.3) is 0 Å². The molecule has 1 aromatic rings. The van der Waals surface area contributed by atoms with E-state index in [1.807, 2.05) is 0 Å². The van der Waals surface area contributed by atoms with Gasteiger partial charge in [0.15, 0.2) is 0 Å². The van der Waals surface area contributed by atoms with Gasteiger partial charge in [0.2, 0.25) is 12.7 Å². The second-order valence-corrected chi connectivity index (χ2v) is 3.64. The van der Waals surface area contributed by atoms with E-state index in [2.05, 4.69) is 9.97 Å². The van der Waals surface area contributed by atoms with Crippen LogP contribution in [0.3, 0.4) is 0 Å². The molecule has 0 unspecified atom stereocenters. The van der Waals surface area contributed by atoms with Gasteiger partial charge < -0.3 is 15.2 Å². The van der Waals surface area contributed by atoms with Crippen LogP contribution in [0.4, 0.5) is 19.1 Å². The van der Waals surface area contributed by atoms with E-state index < -0.39 is 24.5 Å². The average Bonchev–Trinajstić information content (AvgIpc) is 2.27. The van der Waals surface area contributed by atoms with Crippen molar-refractivity contribution in [2.75, 3.05) is 33.0 Å². The summed E-state index contributed by atoms with van der Waals surface area (Å²) in [4.78, 5) is 6.85. The molecule has 1 rings (SSSR count). The third-order valence-electron chi connectivity index (χ3n) is 2.28. The Balaban J connectivity index is 3.20. The maximum absolute atomic E-state index is 12.8. The van der Waals surface area contributed by atoms with Crippen molar-refractivity contribution in [1.82, 2.24) is 9.97 Å². The highest BCUT2D eigenvalue weighted by Crippen LogP contribution is 2.26. The largest absolute Gasteiger partial charge is 0.433 e. The van der Waals surface area contributed by atoms with Gasteiger partial charge in [-0.05, 0) is 5.46 Å². The molecule has 0 spiro atoms. The Kier molecular flexibility index (Phi) is 4.91. The van der Waals surface area contributed by atoms with Crippen LogP contribution in [0, 0.1) is 0 Å². The van der Waals surface area contributed by atoms with E-state index in [0.29, 0.717) is 0 Å². The van der Waals surface area contributed by atoms with E-state index in [1.54, 1.807) is 0 Å². The molecule has 0 aliphatic rings. The standard InChI is InChI=1S/C9H13BF3N3O2/c1-17-4-10(5-18-2)6-3-15-8(14)16-7(6)9(11,12)13/h3H,4-5H2,1-2H3,(H2,14,15,16). The van der Waals surface area contributed by atoms with Crippen molar-refractivity contribution in [2.24, 2.45) is 0 Å². The van der Waals surface area contributed by atoms with Crippen LogP contribution in [-0.4, -0.2) is 43.9 Å². The first kappa shape index (κ1) is 14.7. The molecule has 9 heteroatoms. The van der Waals surface area contributed by atoms with Gasteiger partial charge in [-0.3, -0.25) is 0 Å². The molecule has 1 heterocycles. The van der Waals surface area contributed by atoms with Crippen LogP contribution >= 0.6 is 0 Å². The fraction of sp³-hybridized carbons (Fsp3) is 0.556. The summed E-state index contributed by atoms with van der Waals surface area (Å²) in [7, 11) is 2.79. The fourth-order valence-corrected chi connectivity index (χ4v) is 1.56. The predicted molar refractivity (Wildman–Crippen MR) is 60.6 cm³/mol. The molecule has 0 saturated carbocycles. The minimum atomic E-state index is -4.59. The number of nitrogen functional groups attached to an aromatic ring is 1. The molecule has 0 amide bonds. The monoisotopic (exact) mass is 263 g/mol. The van der Waals surface area contributed by atoms with Crippen molar-refractivity contribution in [1.29, 1.82) is 0 Å². The van der Waals surface area contributed by atoms with Gasteiger partial charge in [-0.1, -0.05) is 0 Å². The van der Waals surface area contributed by atoms with Gasteiger partial charge in [0.05, 0.1) is 0 Å². The van der Waals surface area contributed by atoms with Crippen LogP contribution in [0.15, 0.2) is 6.20 Å².